The van der Waals surface area contributed by atoms with Crippen LogP contribution in [-0.4, -0.2) is 39.2 Å². The van der Waals surface area contributed by atoms with E-state index in [9.17, 15) is 8.42 Å². The number of ether oxygens (including phenoxy) is 1. The molecule has 0 radical (unpaired) electrons. The van der Waals surface area contributed by atoms with Crippen LogP contribution < -0.4 is 10.0 Å². The lowest BCUT2D eigenvalue weighted by molar-refractivity contribution is 0.0537. The summed E-state index contributed by atoms with van der Waals surface area (Å²) in [6.45, 7) is 2.98. The van der Waals surface area contributed by atoms with Crippen LogP contribution in [0, 0.1) is 0 Å². The van der Waals surface area contributed by atoms with Gasteiger partial charge in [-0.1, -0.05) is 11.6 Å². The second kappa shape index (κ2) is 5.85. The third-order valence-corrected chi connectivity index (χ3v) is 5.23. The van der Waals surface area contributed by atoms with E-state index in [1.807, 2.05) is 6.92 Å². The fourth-order valence-corrected chi connectivity index (χ4v) is 3.82. The summed E-state index contributed by atoms with van der Waals surface area (Å²) < 4.78 is 32.8. The van der Waals surface area contributed by atoms with Gasteiger partial charge in [0.15, 0.2) is 0 Å². The smallest absolute Gasteiger partial charge is 0.242 e. The second-order valence-corrected chi connectivity index (χ2v) is 7.12. The predicted octanol–water partition coefficient (Wildman–Crippen LogP) is 1.62. The van der Waals surface area contributed by atoms with Crippen molar-refractivity contribution in [3.8, 4) is 0 Å². The van der Waals surface area contributed by atoms with E-state index in [1.54, 1.807) is 7.05 Å². The van der Waals surface area contributed by atoms with Crippen molar-refractivity contribution >= 4 is 27.4 Å². The Morgan fingerprint density at radius 3 is 2.60 bits per heavy atom. The van der Waals surface area contributed by atoms with Crippen LogP contribution in [0.4, 0.5) is 5.82 Å². The van der Waals surface area contributed by atoms with Crippen LogP contribution in [0.1, 0.15) is 19.8 Å². The molecule has 0 atom stereocenters. The Morgan fingerprint density at radius 1 is 1.40 bits per heavy atom. The standard InChI is InChI=1S/C12H18ClN3O3S/c1-12(3-5-19-6-4-12)16-20(17,18)9-7-10(13)11(14-2)15-8-9/h7-8,16H,3-6H2,1-2H3,(H,14,15). The number of nitrogens with zero attached hydrogens (tertiary/aromatic N) is 1. The van der Waals surface area contributed by atoms with Gasteiger partial charge >= 0.3 is 0 Å². The highest BCUT2D eigenvalue weighted by Crippen LogP contribution is 2.25. The molecule has 8 heteroatoms. The zero-order valence-electron chi connectivity index (χ0n) is 11.4. The van der Waals surface area contributed by atoms with Gasteiger partial charge in [0, 0.05) is 32.0 Å². The van der Waals surface area contributed by atoms with E-state index in [0.29, 0.717) is 31.9 Å². The molecule has 0 aliphatic carbocycles. The summed E-state index contributed by atoms with van der Waals surface area (Å²) in [7, 11) is -1.98. The van der Waals surface area contributed by atoms with Crippen LogP contribution in [0.25, 0.3) is 0 Å². The minimum absolute atomic E-state index is 0.0641. The van der Waals surface area contributed by atoms with Gasteiger partial charge in [0.2, 0.25) is 10.0 Å². The third kappa shape index (κ3) is 3.41. The maximum absolute atomic E-state index is 12.4. The Labute approximate surface area is 123 Å². The normalized spacial score (nSPS) is 18.8. The van der Waals surface area contributed by atoms with Crippen molar-refractivity contribution in [2.75, 3.05) is 25.6 Å². The first-order valence-electron chi connectivity index (χ1n) is 6.31. The zero-order valence-corrected chi connectivity index (χ0v) is 13.0. The molecule has 0 spiro atoms. The van der Waals surface area contributed by atoms with E-state index in [2.05, 4.69) is 15.0 Å². The molecule has 1 fully saturated rings. The molecule has 112 valence electrons. The van der Waals surface area contributed by atoms with Crippen molar-refractivity contribution in [3.63, 3.8) is 0 Å². The summed E-state index contributed by atoms with van der Waals surface area (Å²) in [5.41, 5.74) is -0.495. The molecule has 0 amide bonds. The molecule has 20 heavy (non-hydrogen) atoms. The van der Waals surface area contributed by atoms with E-state index >= 15 is 0 Å². The summed E-state index contributed by atoms with van der Waals surface area (Å²) in [5, 5.41) is 3.06. The zero-order chi connectivity index (χ0) is 14.8. The number of halogens is 1. The predicted molar refractivity (Wildman–Crippen MR) is 77.6 cm³/mol. The largest absolute Gasteiger partial charge is 0.381 e. The van der Waals surface area contributed by atoms with Crippen LogP contribution in [0.3, 0.4) is 0 Å². The van der Waals surface area contributed by atoms with Crippen molar-refractivity contribution in [3.05, 3.63) is 17.3 Å². The number of sulfonamides is 1. The monoisotopic (exact) mass is 319 g/mol. The first-order valence-corrected chi connectivity index (χ1v) is 8.17. The van der Waals surface area contributed by atoms with Gasteiger partial charge in [-0.2, -0.15) is 0 Å². The molecule has 1 aliphatic rings. The Bertz CT molecular complexity index is 586. The van der Waals surface area contributed by atoms with Gasteiger partial charge in [0.25, 0.3) is 0 Å². The summed E-state index contributed by atoms with van der Waals surface area (Å²) in [6.07, 6.45) is 2.58. The average molecular weight is 320 g/mol. The Kier molecular flexibility index (Phi) is 4.53. The van der Waals surface area contributed by atoms with E-state index in [4.69, 9.17) is 16.3 Å². The molecule has 2 rings (SSSR count). The molecule has 2 N–H and O–H groups in total. The van der Waals surface area contributed by atoms with Crippen LogP contribution >= 0.6 is 11.6 Å². The number of nitrogens with one attached hydrogen (secondary N) is 2. The van der Waals surface area contributed by atoms with Gasteiger partial charge in [-0.3, -0.25) is 0 Å². The highest BCUT2D eigenvalue weighted by atomic mass is 35.5. The van der Waals surface area contributed by atoms with Gasteiger partial charge in [-0.05, 0) is 25.8 Å². The van der Waals surface area contributed by atoms with Gasteiger partial charge in [0.1, 0.15) is 10.7 Å². The number of pyridine rings is 1. The first kappa shape index (κ1) is 15.5. The summed E-state index contributed by atoms with van der Waals surface area (Å²) >= 11 is 5.98. The lowest BCUT2D eigenvalue weighted by atomic mass is 9.94. The van der Waals surface area contributed by atoms with Crippen molar-refractivity contribution in [2.24, 2.45) is 0 Å². The highest BCUT2D eigenvalue weighted by molar-refractivity contribution is 7.89. The van der Waals surface area contributed by atoms with Gasteiger partial charge in [0.05, 0.1) is 5.02 Å². The van der Waals surface area contributed by atoms with E-state index in [-0.39, 0.29) is 9.92 Å². The van der Waals surface area contributed by atoms with Gasteiger partial charge < -0.3 is 10.1 Å². The minimum atomic E-state index is -3.65. The number of anilines is 1. The maximum Gasteiger partial charge on any atom is 0.242 e. The SMILES string of the molecule is CNc1ncc(S(=O)(=O)NC2(C)CCOCC2)cc1Cl. The molecule has 0 aromatic carbocycles. The summed E-state index contributed by atoms with van der Waals surface area (Å²) in [5.74, 6) is 0.447. The molecule has 1 aliphatic heterocycles. The molecule has 1 aromatic rings. The average Bonchev–Trinajstić information content (AvgIpc) is 2.38. The molecule has 1 saturated heterocycles. The minimum Gasteiger partial charge on any atom is -0.381 e. The van der Waals surface area contributed by atoms with E-state index in [1.165, 1.54) is 12.3 Å². The maximum atomic E-state index is 12.4. The second-order valence-electron chi connectivity index (χ2n) is 5.03. The summed E-state index contributed by atoms with van der Waals surface area (Å²) in [6, 6.07) is 1.39. The van der Waals surface area contributed by atoms with Crippen molar-refractivity contribution < 1.29 is 13.2 Å². The molecule has 0 saturated carbocycles. The molecular weight excluding hydrogens is 302 g/mol. The van der Waals surface area contributed by atoms with Crippen LogP contribution in [0.15, 0.2) is 17.2 Å². The highest BCUT2D eigenvalue weighted by Gasteiger charge is 2.32. The topological polar surface area (TPSA) is 80.3 Å². The molecular formula is C12H18ClN3O3S. The molecule has 6 nitrogen and oxygen atoms in total. The summed E-state index contributed by atoms with van der Waals surface area (Å²) in [4.78, 5) is 4.06. The Morgan fingerprint density at radius 2 is 2.05 bits per heavy atom. The van der Waals surface area contributed by atoms with Gasteiger partial charge in [-0.25, -0.2) is 18.1 Å². The Hall–Kier alpha value is -0.890. The van der Waals surface area contributed by atoms with Crippen molar-refractivity contribution in [1.29, 1.82) is 0 Å². The first-order chi connectivity index (χ1) is 9.36. The van der Waals surface area contributed by atoms with E-state index < -0.39 is 15.6 Å². The molecule has 2 heterocycles. The molecule has 0 bridgehead atoms. The quantitative estimate of drug-likeness (QED) is 0.881. The number of hydrogen-bond donors (Lipinski definition) is 2. The Balaban J connectivity index is 2.24. The number of aromatic nitrogens is 1. The van der Waals surface area contributed by atoms with E-state index in [0.717, 1.165) is 0 Å². The van der Waals surface area contributed by atoms with Crippen LogP contribution in [0.2, 0.25) is 5.02 Å². The number of hydrogen-bond acceptors (Lipinski definition) is 5. The number of rotatable bonds is 4. The molecule has 1 aromatic heterocycles. The van der Waals surface area contributed by atoms with Gasteiger partial charge in [-0.15, -0.1) is 0 Å². The fraction of sp³-hybridized carbons (Fsp3) is 0.583. The van der Waals surface area contributed by atoms with Crippen molar-refractivity contribution in [1.82, 2.24) is 9.71 Å². The lowest BCUT2D eigenvalue weighted by Crippen LogP contribution is -2.49. The van der Waals surface area contributed by atoms with Crippen molar-refractivity contribution in [2.45, 2.75) is 30.2 Å². The van der Waals surface area contributed by atoms with Crippen LogP contribution in [0.5, 0.6) is 0 Å². The van der Waals surface area contributed by atoms with Crippen LogP contribution in [-0.2, 0) is 14.8 Å². The third-order valence-electron chi connectivity index (χ3n) is 3.34. The molecule has 0 unspecified atom stereocenters. The fourth-order valence-electron chi connectivity index (χ4n) is 2.06. The lowest BCUT2D eigenvalue weighted by Gasteiger charge is -2.33.